The second-order valence-corrected chi connectivity index (χ2v) is 8.30. The van der Waals surface area contributed by atoms with Crippen molar-refractivity contribution in [1.82, 2.24) is 14.9 Å². The summed E-state index contributed by atoms with van der Waals surface area (Å²) in [5.74, 6) is 0.927. The van der Waals surface area contributed by atoms with Gasteiger partial charge in [-0.25, -0.2) is 9.97 Å². The molecule has 8 heteroatoms. The van der Waals surface area contributed by atoms with Crippen molar-refractivity contribution in [3.05, 3.63) is 47.2 Å². The highest BCUT2D eigenvalue weighted by Gasteiger charge is 2.30. The smallest absolute Gasteiger partial charge is 0.257 e. The van der Waals surface area contributed by atoms with Crippen LogP contribution in [-0.2, 0) is 4.79 Å². The van der Waals surface area contributed by atoms with E-state index in [4.69, 9.17) is 11.6 Å². The van der Waals surface area contributed by atoms with Crippen LogP contribution in [0.15, 0.2) is 36.7 Å². The Morgan fingerprint density at radius 3 is 2.63 bits per heavy atom. The molecule has 0 radical (unpaired) electrons. The van der Waals surface area contributed by atoms with Crippen LogP contribution < -0.4 is 10.2 Å². The third-order valence-corrected chi connectivity index (χ3v) is 5.95. The fraction of sp³-hybridized carbons (Fsp3) is 0.455. The van der Waals surface area contributed by atoms with E-state index in [1.54, 1.807) is 24.4 Å². The molecular weight excluding hydrogens is 402 g/mol. The molecule has 4 heterocycles. The molecule has 1 N–H and O–H groups in total. The maximum absolute atomic E-state index is 13.1. The fourth-order valence-electron chi connectivity index (χ4n) is 4.14. The lowest BCUT2D eigenvalue weighted by atomic mass is 9.96. The van der Waals surface area contributed by atoms with Gasteiger partial charge in [0.1, 0.15) is 11.6 Å². The van der Waals surface area contributed by atoms with E-state index in [2.05, 4.69) is 20.2 Å². The molecule has 2 fully saturated rings. The Kier molecular flexibility index (Phi) is 6.47. The van der Waals surface area contributed by atoms with Crippen LogP contribution in [0.4, 0.5) is 11.6 Å². The normalized spacial score (nSPS) is 19.4. The van der Waals surface area contributed by atoms with Gasteiger partial charge in [-0.1, -0.05) is 11.6 Å². The molecule has 1 atom stereocenters. The molecule has 2 aliphatic rings. The maximum atomic E-state index is 13.1. The van der Waals surface area contributed by atoms with Gasteiger partial charge in [0.05, 0.1) is 16.5 Å². The molecular formula is C22H26ClN5O2. The SMILES string of the molecule is O=C(Nc1ccc(Cl)cn1)C1CCCN(c2ncccc2C(=O)N2CCCCC2)C1. The Labute approximate surface area is 181 Å². The molecule has 0 bridgehead atoms. The summed E-state index contributed by atoms with van der Waals surface area (Å²) in [7, 11) is 0. The standard InChI is InChI=1S/C22H26ClN5O2/c23-17-8-9-19(25-14-17)26-21(29)16-6-5-13-28(15-16)20-18(7-4-10-24-20)22(30)27-11-2-1-3-12-27/h4,7-10,14,16H,1-3,5-6,11-13,15H2,(H,25,26,29). The molecule has 158 valence electrons. The van der Waals surface area contributed by atoms with E-state index in [9.17, 15) is 9.59 Å². The van der Waals surface area contributed by atoms with Gasteiger partial charge in [-0.05, 0) is 56.4 Å². The van der Waals surface area contributed by atoms with E-state index in [0.29, 0.717) is 28.8 Å². The number of carbonyl (C=O) groups excluding carboxylic acids is 2. The van der Waals surface area contributed by atoms with Gasteiger partial charge in [0.2, 0.25) is 5.91 Å². The molecule has 7 nitrogen and oxygen atoms in total. The number of nitrogens with zero attached hydrogens (tertiary/aromatic N) is 4. The predicted octanol–water partition coefficient (Wildman–Crippen LogP) is 3.61. The number of rotatable bonds is 4. The summed E-state index contributed by atoms with van der Waals surface area (Å²) in [5.41, 5.74) is 0.625. The Morgan fingerprint density at radius 1 is 1.03 bits per heavy atom. The molecule has 2 aromatic rings. The zero-order valence-electron chi connectivity index (χ0n) is 16.9. The molecule has 30 heavy (non-hydrogen) atoms. The molecule has 4 rings (SSSR count). The minimum Gasteiger partial charge on any atom is -0.355 e. The number of nitrogens with one attached hydrogen (secondary N) is 1. The van der Waals surface area contributed by atoms with Crippen LogP contribution in [0.1, 0.15) is 42.5 Å². The van der Waals surface area contributed by atoms with E-state index in [1.807, 2.05) is 11.0 Å². The first-order valence-corrected chi connectivity index (χ1v) is 10.9. The van der Waals surface area contributed by atoms with Crippen LogP contribution in [0.25, 0.3) is 0 Å². The van der Waals surface area contributed by atoms with Crippen LogP contribution in [0.2, 0.25) is 5.02 Å². The number of likely N-dealkylation sites (tertiary alicyclic amines) is 1. The van der Waals surface area contributed by atoms with Crippen molar-refractivity contribution in [2.45, 2.75) is 32.1 Å². The molecule has 2 aromatic heterocycles. The zero-order chi connectivity index (χ0) is 20.9. The van der Waals surface area contributed by atoms with Gasteiger partial charge < -0.3 is 15.1 Å². The first-order valence-electron chi connectivity index (χ1n) is 10.5. The van der Waals surface area contributed by atoms with Gasteiger partial charge in [-0.2, -0.15) is 0 Å². The number of aromatic nitrogens is 2. The summed E-state index contributed by atoms with van der Waals surface area (Å²) in [6.07, 6.45) is 8.14. The summed E-state index contributed by atoms with van der Waals surface area (Å²) >= 11 is 5.86. The molecule has 2 aliphatic heterocycles. The summed E-state index contributed by atoms with van der Waals surface area (Å²) in [6.45, 7) is 2.90. The van der Waals surface area contributed by atoms with E-state index < -0.39 is 0 Å². The molecule has 2 saturated heterocycles. The van der Waals surface area contributed by atoms with Gasteiger partial charge in [0.25, 0.3) is 5.91 Å². The fourth-order valence-corrected chi connectivity index (χ4v) is 4.26. The van der Waals surface area contributed by atoms with Crippen molar-refractivity contribution in [3.8, 4) is 0 Å². The van der Waals surface area contributed by atoms with Crippen molar-refractivity contribution in [3.63, 3.8) is 0 Å². The van der Waals surface area contributed by atoms with Crippen molar-refractivity contribution < 1.29 is 9.59 Å². The number of halogens is 1. The Bertz CT molecular complexity index is 899. The molecule has 1 unspecified atom stereocenters. The zero-order valence-corrected chi connectivity index (χ0v) is 17.6. The van der Waals surface area contributed by atoms with Gasteiger partial charge >= 0.3 is 0 Å². The highest BCUT2D eigenvalue weighted by atomic mass is 35.5. The number of hydrogen-bond acceptors (Lipinski definition) is 5. The quantitative estimate of drug-likeness (QED) is 0.806. The van der Waals surface area contributed by atoms with Crippen molar-refractivity contribution in [2.24, 2.45) is 5.92 Å². The predicted molar refractivity (Wildman–Crippen MR) is 117 cm³/mol. The minimum atomic E-state index is -0.198. The molecule has 0 saturated carbocycles. The highest BCUT2D eigenvalue weighted by Crippen LogP contribution is 2.27. The third-order valence-electron chi connectivity index (χ3n) is 5.73. The first kappa shape index (κ1) is 20.6. The monoisotopic (exact) mass is 427 g/mol. The molecule has 0 aromatic carbocycles. The Morgan fingerprint density at radius 2 is 1.87 bits per heavy atom. The van der Waals surface area contributed by atoms with Crippen LogP contribution in [0, 0.1) is 5.92 Å². The van der Waals surface area contributed by atoms with Gasteiger partial charge in [0.15, 0.2) is 0 Å². The molecule has 2 amide bonds. The van der Waals surface area contributed by atoms with Crippen LogP contribution in [-0.4, -0.2) is 52.9 Å². The average molecular weight is 428 g/mol. The van der Waals surface area contributed by atoms with E-state index in [1.165, 1.54) is 12.6 Å². The Hall–Kier alpha value is -2.67. The number of amides is 2. The van der Waals surface area contributed by atoms with E-state index in [-0.39, 0.29) is 17.7 Å². The van der Waals surface area contributed by atoms with Crippen LogP contribution in [0.3, 0.4) is 0 Å². The maximum Gasteiger partial charge on any atom is 0.257 e. The third kappa shape index (κ3) is 4.73. The molecule has 0 spiro atoms. The lowest BCUT2D eigenvalue weighted by molar-refractivity contribution is -0.120. The second kappa shape index (κ2) is 9.43. The number of carbonyl (C=O) groups is 2. The Balaban J connectivity index is 1.47. The summed E-state index contributed by atoms with van der Waals surface area (Å²) in [6, 6.07) is 7.04. The van der Waals surface area contributed by atoms with Crippen molar-refractivity contribution in [1.29, 1.82) is 0 Å². The lowest BCUT2D eigenvalue weighted by Gasteiger charge is -2.34. The van der Waals surface area contributed by atoms with Gasteiger partial charge in [-0.15, -0.1) is 0 Å². The molecule has 0 aliphatic carbocycles. The van der Waals surface area contributed by atoms with E-state index >= 15 is 0 Å². The number of pyridine rings is 2. The topological polar surface area (TPSA) is 78.4 Å². The van der Waals surface area contributed by atoms with Crippen LogP contribution >= 0.6 is 11.6 Å². The van der Waals surface area contributed by atoms with Crippen LogP contribution in [0.5, 0.6) is 0 Å². The van der Waals surface area contributed by atoms with Gasteiger partial charge in [0, 0.05) is 38.6 Å². The number of anilines is 2. The summed E-state index contributed by atoms with van der Waals surface area (Å²) in [5, 5.41) is 3.39. The number of hydrogen-bond donors (Lipinski definition) is 1. The summed E-state index contributed by atoms with van der Waals surface area (Å²) in [4.78, 5) is 38.6. The summed E-state index contributed by atoms with van der Waals surface area (Å²) < 4.78 is 0. The van der Waals surface area contributed by atoms with Gasteiger partial charge in [-0.3, -0.25) is 9.59 Å². The van der Waals surface area contributed by atoms with Crippen molar-refractivity contribution >= 4 is 35.1 Å². The minimum absolute atomic E-state index is 0.0368. The first-order chi connectivity index (χ1) is 14.6. The lowest BCUT2D eigenvalue weighted by Crippen LogP contribution is -2.43. The number of piperidine rings is 2. The highest BCUT2D eigenvalue weighted by molar-refractivity contribution is 6.30. The largest absolute Gasteiger partial charge is 0.355 e. The second-order valence-electron chi connectivity index (χ2n) is 7.86. The average Bonchev–Trinajstić information content (AvgIpc) is 2.81. The van der Waals surface area contributed by atoms with Crippen molar-refractivity contribution in [2.75, 3.05) is 36.4 Å². The van der Waals surface area contributed by atoms with E-state index in [0.717, 1.165) is 45.3 Å².